The van der Waals surface area contributed by atoms with Crippen molar-refractivity contribution in [3.05, 3.63) is 58.0 Å². The molecule has 10 heteroatoms. The fourth-order valence-electron chi connectivity index (χ4n) is 4.03. The van der Waals surface area contributed by atoms with E-state index < -0.39 is 5.91 Å². The molecule has 2 aromatic rings. The molecule has 1 unspecified atom stereocenters. The second kappa shape index (κ2) is 7.78. The predicted molar refractivity (Wildman–Crippen MR) is 122 cm³/mol. The molecule has 5 heterocycles. The Labute approximate surface area is 184 Å². The zero-order chi connectivity index (χ0) is 21.5. The number of nitrogens with one attached hydrogen (secondary N) is 2. The van der Waals surface area contributed by atoms with Gasteiger partial charge in [0.2, 0.25) is 0 Å². The van der Waals surface area contributed by atoms with Crippen LogP contribution in [0.5, 0.6) is 0 Å². The fraction of sp³-hybridized carbons (Fsp3) is 0.333. The lowest BCUT2D eigenvalue weighted by Crippen LogP contribution is -2.38. The van der Waals surface area contributed by atoms with Crippen LogP contribution < -0.4 is 16.4 Å². The molecule has 4 N–H and O–H groups in total. The van der Waals surface area contributed by atoms with Gasteiger partial charge in [0.1, 0.15) is 0 Å². The maximum atomic E-state index is 11.7. The Balaban J connectivity index is 1.51. The fourth-order valence-corrected chi connectivity index (χ4v) is 4.95. The van der Waals surface area contributed by atoms with Gasteiger partial charge in [-0.25, -0.2) is 4.99 Å². The first-order valence-corrected chi connectivity index (χ1v) is 11.0. The summed E-state index contributed by atoms with van der Waals surface area (Å²) in [6, 6.07) is 1.99. The molecule has 9 nitrogen and oxygen atoms in total. The molecular weight excluding hydrogens is 412 g/mol. The van der Waals surface area contributed by atoms with Crippen molar-refractivity contribution in [3.63, 3.8) is 0 Å². The van der Waals surface area contributed by atoms with E-state index in [4.69, 9.17) is 15.7 Å². The van der Waals surface area contributed by atoms with Crippen LogP contribution in [0, 0.1) is 6.92 Å². The molecule has 2 aromatic heterocycles. The standard InChI is InChI=1S/C21H24N8OS/c1-12-6-17(31-18(12)19(22)30)27-20-21-24-9-16(14-8-25-28(2)10-14)29(21)11-15(26-20)13-4-3-5-23-7-13/h4,6,8,10-11,16,23H,3,5,7,9H2,1-2H3,(H2,22,30)(H,26,27). The van der Waals surface area contributed by atoms with Gasteiger partial charge < -0.3 is 21.3 Å². The molecular formula is C21H24N8OS. The SMILES string of the molecule is Cc1cc(NC2=NC(C3=CCCNC3)=CN3C2=NCC3c2cnn(C)c2)sc1C(N)=O. The molecule has 0 saturated heterocycles. The lowest BCUT2D eigenvalue weighted by Gasteiger charge is -2.29. The molecule has 0 saturated carbocycles. The highest BCUT2D eigenvalue weighted by atomic mass is 32.1. The maximum Gasteiger partial charge on any atom is 0.259 e. The second-order valence-corrected chi connectivity index (χ2v) is 8.87. The number of aliphatic imine (C=N–C) groups is 2. The summed E-state index contributed by atoms with van der Waals surface area (Å²) in [7, 11) is 1.92. The largest absolute Gasteiger partial charge is 0.365 e. The average Bonchev–Trinajstić information content (AvgIpc) is 3.46. The van der Waals surface area contributed by atoms with Crippen molar-refractivity contribution in [2.75, 3.05) is 25.0 Å². The second-order valence-electron chi connectivity index (χ2n) is 7.82. The first kappa shape index (κ1) is 19.7. The van der Waals surface area contributed by atoms with Crippen molar-refractivity contribution in [3.8, 4) is 0 Å². The van der Waals surface area contributed by atoms with Gasteiger partial charge in [-0.15, -0.1) is 11.3 Å². The normalized spacial score (nSPS) is 20.6. The van der Waals surface area contributed by atoms with E-state index in [1.165, 1.54) is 16.9 Å². The van der Waals surface area contributed by atoms with Crippen LogP contribution in [0.3, 0.4) is 0 Å². The molecule has 0 fully saturated rings. The van der Waals surface area contributed by atoms with Gasteiger partial charge in [0, 0.05) is 31.6 Å². The van der Waals surface area contributed by atoms with Crippen LogP contribution in [0.4, 0.5) is 5.00 Å². The van der Waals surface area contributed by atoms with Crippen LogP contribution in [0.25, 0.3) is 0 Å². The van der Waals surface area contributed by atoms with Gasteiger partial charge in [-0.2, -0.15) is 5.10 Å². The van der Waals surface area contributed by atoms with Gasteiger partial charge in [-0.3, -0.25) is 14.5 Å². The topological polar surface area (TPSA) is 113 Å². The molecule has 1 atom stereocenters. The van der Waals surface area contributed by atoms with Crippen LogP contribution in [0.15, 0.2) is 52.0 Å². The summed E-state index contributed by atoms with van der Waals surface area (Å²) in [5, 5.41) is 12.0. The van der Waals surface area contributed by atoms with E-state index in [9.17, 15) is 4.79 Å². The Morgan fingerprint density at radius 1 is 1.42 bits per heavy atom. The van der Waals surface area contributed by atoms with Crippen LogP contribution in [-0.2, 0) is 7.05 Å². The van der Waals surface area contributed by atoms with E-state index in [0.29, 0.717) is 17.3 Å². The maximum absolute atomic E-state index is 11.7. The highest BCUT2D eigenvalue weighted by Gasteiger charge is 2.35. The lowest BCUT2D eigenvalue weighted by atomic mass is 10.1. The number of amides is 1. The molecule has 0 bridgehead atoms. The van der Waals surface area contributed by atoms with Gasteiger partial charge in [-0.1, -0.05) is 6.08 Å². The van der Waals surface area contributed by atoms with E-state index in [-0.39, 0.29) is 6.04 Å². The number of carbonyl (C=O) groups excluding carboxylic acids is 1. The van der Waals surface area contributed by atoms with Crippen molar-refractivity contribution < 1.29 is 4.79 Å². The minimum Gasteiger partial charge on any atom is -0.365 e. The molecule has 3 aliphatic heterocycles. The minimum atomic E-state index is -0.420. The van der Waals surface area contributed by atoms with E-state index in [2.05, 4.69) is 32.9 Å². The first-order chi connectivity index (χ1) is 15.0. The highest BCUT2D eigenvalue weighted by molar-refractivity contribution is 7.18. The Morgan fingerprint density at radius 3 is 2.97 bits per heavy atom. The summed E-state index contributed by atoms with van der Waals surface area (Å²) in [6.07, 6.45) is 9.21. The van der Waals surface area contributed by atoms with Gasteiger partial charge in [0.15, 0.2) is 11.7 Å². The molecule has 0 aromatic carbocycles. The van der Waals surface area contributed by atoms with Crippen molar-refractivity contribution in [1.82, 2.24) is 20.0 Å². The average molecular weight is 437 g/mol. The highest BCUT2D eigenvalue weighted by Crippen LogP contribution is 2.33. The molecule has 160 valence electrons. The van der Waals surface area contributed by atoms with Crippen LogP contribution >= 0.6 is 11.3 Å². The molecule has 5 rings (SSSR count). The van der Waals surface area contributed by atoms with Crippen molar-refractivity contribution in [2.45, 2.75) is 19.4 Å². The molecule has 0 radical (unpaired) electrons. The summed E-state index contributed by atoms with van der Waals surface area (Å²) in [4.78, 5) is 24.1. The van der Waals surface area contributed by atoms with Crippen molar-refractivity contribution >= 4 is 33.9 Å². The number of anilines is 1. The van der Waals surface area contributed by atoms with Gasteiger partial charge in [-0.05, 0) is 37.1 Å². The monoisotopic (exact) mass is 436 g/mol. The van der Waals surface area contributed by atoms with E-state index in [1.54, 1.807) is 0 Å². The van der Waals surface area contributed by atoms with Crippen LogP contribution in [-0.4, -0.2) is 51.9 Å². The number of nitrogens with zero attached hydrogens (tertiary/aromatic N) is 5. The third-order valence-corrected chi connectivity index (χ3v) is 6.72. The molecule has 0 spiro atoms. The minimum absolute atomic E-state index is 0.0643. The van der Waals surface area contributed by atoms with Gasteiger partial charge in [0.25, 0.3) is 5.91 Å². The number of hydrogen-bond donors (Lipinski definition) is 3. The number of aryl methyl sites for hydroxylation is 2. The Morgan fingerprint density at radius 2 is 2.29 bits per heavy atom. The number of carbonyl (C=O) groups is 1. The van der Waals surface area contributed by atoms with Gasteiger partial charge in [0.05, 0.1) is 34.4 Å². The number of rotatable bonds is 4. The third kappa shape index (κ3) is 3.68. The smallest absolute Gasteiger partial charge is 0.259 e. The number of hydrogen-bond acceptors (Lipinski definition) is 8. The third-order valence-electron chi connectivity index (χ3n) is 5.55. The van der Waals surface area contributed by atoms with E-state index >= 15 is 0 Å². The Kier molecular flexibility index (Phi) is 4.95. The van der Waals surface area contributed by atoms with E-state index in [1.807, 2.05) is 37.1 Å². The first-order valence-electron chi connectivity index (χ1n) is 10.2. The molecule has 0 aliphatic carbocycles. The number of fused-ring (bicyclic) bond motifs is 1. The molecule has 3 aliphatic rings. The molecule has 1 amide bonds. The number of nitrogens with two attached hydrogens (primary N) is 1. The molecule has 31 heavy (non-hydrogen) atoms. The lowest BCUT2D eigenvalue weighted by molar-refractivity contribution is 0.100. The quantitative estimate of drug-likeness (QED) is 0.678. The Hall–Kier alpha value is -3.24. The van der Waals surface area contributed by atoms with E-state index in [0.717, 1.165) is 47.2 Å². The number of amidine groups is 2. The van der Waals surface area contributed by atoms with Gasteiger partial charge >= 0.3 is 0 Å². The summed E-state index contributed by atoms with van der Waals surface area (Å²) >= 11 is 1.33. The number of aromatic nitrogens is 2. The Bertz CT molecular complexity index is 1170. The summed E-state index contributed by atoms with van der Waals surface area (Å²) in [5.41, 5.74) is 9.54. The van der Waals surface area contributed by atoms with Crippen LogP contribution in [0.2, 0.25) is 0 Å². The summed E-state index contributed by atoms with van der Waals surface area (Å²) in [5.74, 6) is 1.04. The predicted octanol–water partition coefficient (Wildman–Crippen LogP) is 1.93. The number of thiophene rings is 1. The zero-order valence-corrected chi connectivity index (χ0v) is 18.2. The van der Waals surface area contributed by atoms with Crippen molar-refractivity contribution in [2.24, 2.45) is 22.8 Å². The van der Waals surface area contributed by atoms with Crippen molar-refractivity contribution in [1.29, 1.82) is 0 Å². The summed E-state index contributed by atoms with van der Waals surface area (Å²) < 4.78 is 1.81. The zero-order valence-electron chi connectivity index (χ0n) is 17.4. The number of primary amides is 1. The summed E-state index contributed by atoms with van der Waals surface area (Å²) in [6.45, 7) is 4.26. The van der Waals surface area contributed by atoms with Crippen LogP contribution in [0.1, 0.15) is 33.3 Å².